The van der Waals surface area contributed by atoms with E-state index in [0.29, 0.717) is 34.6 Å². The molecule has 2 aromatic carbocycles. The van der Waals surface area contributed by atoms with Gasteiger partial charge in [-0.05, 0) is 49.4 Å². The van der Waals surface area contributed by atoms with Gasteiger partial charge in [0, 0.05) is 31.9 Å². The number of hydrogen-bond donors (Lipinski definition) is 2. The number of aromatic nitrogens is 2. The number of rotatable bonds is 6. The monoisotopic (exact) mass is 410 g/mol. The Kier molecular flexibility index (Phi) is 6.01. The summed E-state index contributed by atoms with van der Waals surface area (Å²) in [6, 6.07) is 11.4. The molecule has 9 nitrogen and oxygen atoms in total. The van der Waals surface area contributed by atoms with Gasteiger partial charge >= 0.3 is 11.1 Å². The molecule has 1 aromatic heterocycles. The summed E-state index contributed by atoms with van der Waals surface area (Å²) in [7, 11) is 3.29. The molecule has 9 heteroatoms. The number of aryl methyl sites for hydroxylation is 1. The molecule has 0 fully saturated rings. The third-order valence-electron chi connectivity index (χ3n) is 4.53. The molecule has 0 saturated carbocycles. The zero-order valence-electron chi connectivity index (χ0n) is 16.9. The van der Waals surface area contributed by atoms with Crippen LogP contribution in [0.2, 0.25) is 0 Å². The van der Waals surface area contributed by atoms with Crippen molar-refractivity contribution in [1.29, 1.82) is 0 Å². The Morgan fingerprint density at radius 1 is 1.10 bits per heavy atom. The number of anilines is 1. The first-order valence-corrected chi connectivity index (χ1v) is 9.31. The molecule has 2 N–H and O–H groups in total. The van der Waals surface area contributed by atoms with Gasteiger partial charge in [-0.3, -0.25) is 19.2 Å². The van der Waals surface area contributed by atoms with Crippen LogP contribution in [0.5, 0.6) is 5.75 Å². The second-order valence-electron chi connectivity index (χ2n) is 6.79. The number of likely N-dealkylation sites (N-methyl/N-ethyl adjacent to an activating group) is 1. The lowest BCUT2D eigenvalue weighted by atomic mass is 10.1. The highest BCUT2D eigenvalue weighted by atomic mass is 16.5. The zero-order valence-corrected chi connectivity index (χ0v) is 16.9. The molecule has 1 heterocycles. The van der Waals surface area contributed by atoms with Crippen molar-refractivity contribution in [2.24, 2.45) is 0 Å². The Bertz CT molecular complexity index is 1210. The Labute approximate surface area is 171 Å². The second kappa shape index (κ2) is 8.64. The number of amides is 2. The van der Waals surface area contributed by atoms with Crippen LogP contribution in [-0.2, 0) is 11.3 Å². The molecule has 0 unspecified atom stereocenters. The summed E-state index contributed by atoms with van der Waals surface area (Å²) >= 11 is 0. The molecule has 0 spiro atoms. The van der Waals surface area contributed by atoms with E-state index in [1.54, 1.807) is 57.4 Å². The van der Waals surface area contributed by atoms with Gasteiger partial charge in [-0.25, -0.2) is 0 Å². The minimum Gasteiger partial charge on any atom is -0.484 e. The third kappa shape index (κ3) is 4.40. The van der Waals surface area contributed by atoms with E-state index in [2.05, 4.69) is 10.3 Å². The fraction of sp³-hybridized carbons (Fsp3) is 0.238. The molecular formula is C21H22N4O5. The topological polar surface area (TPSA) is 114 Å². The molecule has 0 atom stereocenters. The quantitative estimate of drug-likeness (QED) is 0.597. The van der Waals surface area contributed by atoms with E-state index in [1.165, 1.54) is 15.5 Å². The van der Waals surface area contributed by atoms with Gasteiger partial charge in [0.05, 0.1) is 11.0 Å². The number of fused-ring (bicyclic) bond motifs is 1. The molecule has 3 rings (SSSR count). The molecule has 2 amide bonds. The van der Waals surface area contributed by atoms with Crippen LogP contribution in [-0.4, -0.2) is 47.0 Å². The molecule has 0 bridgehead atoms. The average molecular weight is 410 g/mol. The van der Waals surface area contributed by atoms with Gasteiger partial charge in [0.25, 0.3) is 11.8 Å². The Morgan fingerprint density at radius 2 is 1.80 bits per heavy atom. The normalized spacial score (nSPS) is 10.6. The van der Waals surface area contributed by atoms with Gasteiger partial charge < -0.3 is 24.5 Å². The van der Waals surface area contributed by atoms with Crippen molar-refractivity contribution in [2.45, 2.75) is 13.5 Å². The smallest absolute Gasteiger partial charge is 0.316 e. The molecule has 30 heavy (non-hydrogen) atoms. The molecule has 3 aromatic rings. The maximum atomic E-state index is 12.6. The van der Waals surface area contributed by atoms with Crippen molar-refractivity contribution in [3.63, 3.8) is 0 Å². The number of hydrogen-bond acceptors (Lipinski definition) is 5. The van der Waals surface area contributed by atoms with Gasteiger partial charge in [0.15, 0.2) is 6.61 Å². The maximum absolute atomic E-state index is 12.6. The van der Waals surface area contributed by atoms with Crippen molar-refractivity contribution >= 4 is 28.5 Å². The molecule has 0 radical (unpaired) electrons. The summed E-state index contributed by atoms with van der Waals surface area (Å²) in [4.78, 5) is 51.8. The highest BCUT2D eigenvalue weighted by molar-refractivity contribution is 6.05. The molecule has 0 saturated heterocycles. The van der Waals surface area contributed by atoms with Gasteiger partial charge in [-0.1, -0.05) is 0 Å². The van der Waals surface area contributed by atoms with Gasteiger partial charge in [0.1, 0.15) is 5.75 Å². The Balaban J connectivity index is 1.75. The fourth-order valence-corrected chi connectivity index (χ4v) is 2.85. The lowest BCUT2D eigenvalue weighted by molar-refractivity contribution is -0.130. The minimum atomic E-state index is -0.731. The van der Waals surface area contributed by atoms with Crippen molar-refractivity contribution < 1.29 is 14.3 Å². The van der Waals surface area contributed by atoms with Crippen molar-refractivity contribution in [3.8, 4) is 5.75 Å². The van der Waals surface area contributed by atoms with Gasteiger partial charge in [-0.2, -0.15) is 0 Å². The van der Waals surface area contributed by atoms with Crippen molar-refractivity contribution in [2.75, 3.05) is 26.0 Å². The highest BCUT2D eigenvalue weighted by Crippen LogP contribution is 2.18. The van der Waals surface area contributed by atoms with Crippen LogP contribution in [0, 0.1) is 0 Å². The number of H-pyrrole nitrogens is 1. The van der Waals surface area contributed by atoms with Crippen LogP contribution in [0.15, 0.2) is 52.1 Å². The molecule has 0 aliphatic heterocycles. The summed E-state index contributed by atoms with van der Waals surface area (Å²) in [6.45, 7) is 2.04. The Hall–Kier alpha value is -3.88. The van der Waals surface area contributed by atoms with Crippen LogP contribution >= 0.6 is 0 Å². The zero-order chi connectivity index (χ0) is 21.8. The maximum Gasteiger partial charge on any atom is 0.316 e. The molecule has 0 aliphatic rings. The first-order chi connectivity index (χ1) is 14.3. The average Bonchev–Trinajstić information content (AvgIpc) is 2.73. The fourth-order valence-electron chi connectivity index (χ4n) is 2.85. The van der Waals surface area contributed by atoms with Gasteiger partial charge in [-0.15, -0.1) is 0 Å². The van der Waals surface area contributed by atoms with Crippen LogP contribution in [0.1, 0.15) is 17.3 Å². The number of aromatic amines is 1. The van der Waals surface area contributed by atoms with E-state index in [9.17, 15) is 19.2 Å². The summed E-state index contributed by atoms with van der Waals surface area (Å²) in [6.07, 6.45) is 0. The van der Waals surface area contributed by atoms with Crippen molar-refractivity contribution in [3.05, 3.63) is 68.7 Å². The van der Waals surface area contributed by atoms with Crippen molar-refractivity contribution in [1.82, 2.24) is 14.5 Å². The predicted octanol–water partition coefficient (Wildman–Crippen LogP) is 1.43. The standard InChI is InChI=1S/C21H22N4O5/c1-4-25-17-10-5-13(11-16(17)23-20(28)21(25)29)19(27)22-14-6-8-15(9-7-14)30-12-18(26)24(2)3/h5-11H,4,12H2,1-3H3,(H,22,27)(H,23,28). The van der Waals surface area contributed by atoms with Crippen LogP contribution in [0.25, 0.3) is 11.0 Å². The summed E-state index contributed by atoms with van der Waals surface area (Å²) in [5.74, 6) is -0.0253. The summed E-state index contributed by atoms with van der Waals surface area (Å²) in [5.41, 5.74) is 0.465. The lowest BCUT2D eigenvalue weighted by Gasteiger charge is -2.12. The van der Waals surface area contributed by atoms with E-state index in [0.717, 1.165) is 0 Å². The van der Waals surface area contributed by atoms with E-state index in [-0.39, 0.29) is 18.4 Å². The molecule has 156 valence electrons. The van der Waals surface area contributed by atoms with E-state index in [4.69, 9.17) is 4.74 Å². The second-order valence-corrected chi connectivity index (χ2v) is 6.79. The number of nitrogens with zero attached hydrogens (tertiary/aromatic N) is 2. The molecular weight excluding hydrogens is 388 g/mol. The number of ether oxygens (including phenoxy) is 1. The first kappa shape index (κ1) is 20.8. The number of nitrogens with one attached hydrogen (secondary N) is 2. The van der Waals surface area contributed by atoms with Crippen LogP contribution in [0.4, 0.5) is 5.69 Å². The first-order valence-electron chi connectivity index (χ1n) is 9.31. The number of carbonyl (C=O) groups is 2. The van der Waals surface area contributed by atoms with Crippen LogP contribution in [0.3, 0.4) is 0 Å². The number of benzene rings is 2. The van der Waals surface area contributed by atoms with E-state index in [1.807, 2.05) is 0 Å². The van der Waals surface area contributed by atoms with Crippen LogP contribution < -0.4 is 21.2 Å². The predicted molar refractivity (Wildman–Crippen MR) is 113 cm³/mol. The highest BCUT2D eigenvalue weighted by Gasteiger charge is 2.11. The SMILES string of the molecule is CCn1c(=O)c(=O)[nH]c2cc(C(=O)Nc3ccc(OCC(=O)N(C)C)cc3)ccc21. The summed E-state index contributed by atoms with van der Waals surface area (Å²) < 4.78 is 6.76. The van der Waals surface area contributed by atoms with Gasteiger partial charge in [0.2, 0.25) is 0 Å². The Morgan fingerprint density at radius 3 is 2.43 bits per heavy atom. The van der Waals surface area contributed by atoms with E-state index >= 15 is 0 Å². The minimum absolute atomic E-state index is 0.0726. The third-order valence-corrected chi connectivity index (χ3v) is 4.53. The lowest BCUT2D eigenvalue weighted by Crippen LogP contribution is -2.36. The largest absolute Gasteiger partial charge is 0.484 e. The summed E-state index contributed by atoms with van der Waals surface area (Å²) in [5, 5.41) is 2.76. The number of carbonyl (C=O) groups excluding carboxylic acids is 2. The molecule has 0 aliphatic carbocycles. The van der Waals surface area contributed by atoms with E-state index < -0.39 is 11.1 Å².